The van der Waals surface area contributed by atoms with Crippen LogP contribution in [0.15, 0.2) is 24.3 Å². The van der Waals surface area contributed by atoms with E-state index in [9.17, 15) is 0 Å². The van der Waals surface area contributed by atoms with Crippen LogP contribution in [0.4, 0.5) is 0 Å². The first kappa shape index (κ1) is 12.7. The van der Waals surface area contributed by atoms with Gasteiger partial charge in [-0.3, -0.25) is 0 Å². The Bertz CT molecular complexity index is 376. The topological polar surface area (TPSA) is 18.5 Å². The molecular formula is C14H19ClO2. The molecule has 2 nitrogen and oxygen atoms in total. The summed E-state index contributed by atoms with van der Waals surface area (Å²) < 4.78 is 11.7. The zero-order chi connectivity index (χ0) is 12.3. The highest BCUT2D eigenvalue weighted by molar-refractivity contribution is 6.17. The van der Waals surface area contributed by atoms with Gasteiger partial charge >= 0.3 is 0 Å². The van der Waals surface area contributed by atoms with Crippen molar-refractivity contribution in [3.8, 4) is 5.75 Å². The molecule has 2 rings (SSSR count). The van der Waals surface area contributed by atoms with Gasteiger partial charge in [-0.2, -0.15) is 0 Å². The maximum atomic E-state index is 5.89. The van der Waals surface area contributed by atoms with Crippen molar-refractivity contribution in [2.75, 3.05) is 6.61 Å². The molecule has 1 unspecified atom stereocenters. The van der Waals surface area contributed by atoms with E-state index in [-0.39, 0.29) is 11.7 Å². The zero-order valence-electron chi connectivity index (χ0n) is 10.4. The first-order chi connectivity index (χ1) is 8.11. The molecule has 1 fully saturated rings. The van der Waals surface area contributed by atoms with Crippen LogP contribution in [0.1, 0.15) is 32.3 Å². The molecule has 0 N–H and O–H groups in total. The van der Waals surface area contributed by atoms with E-state index in [1.54, 1.807) is 0 Å². The normalized spacial score (nSPS) is 22.6. The van der Waals surface area contributed by atoms with E-state index in [0.717, 1.165) is 24.2 Å². The summed E-state index contributed by atoms with van der Waals surface area (Å²) in [6.45, 7) is 4.86. The molecule has 0 amide bonds. The van der Waals surface area contributed by atoms with Crippen molar-refractivity contribution in [1.29, 1.82) is 0 Å². The van der Waals surface area contributed by atoms with Gasteiger partial charge in [0.25, 0.3) is 0 Å². The van der Waals surface area contributed by atoms with Gasteiger partial charge in [0.05, 0.1) is 17.6 Å². The van der Waals surface area contributed by atoms with Gasteiger partial charge in [-0.05, 0) is 32.8 Å². The minimum absolute atomic E-state index is 0.0000290. The first-order valence-electron chi connectivity index (χ1n) is 6.05. The monoisotopic (exact) mass is 254 g/mol. The van der Waals surface area contributed by atoms with E-state index in [0.29, 0.717) is 12.5 Å². The molecule has 94 valence electrons. The highest BCUT2D eigenvalue weighted by Gasteiger charge is 2.31. The molecule has 0 bridgehead atoms. The van der Waals surface area contributed by atoms with Crippen LogP contribution < -0.4 is 4.74 Å². The van der Waals surface area contributed by atoms with E-state index in [1.807, 2.05) is 24.3 Å². The van der Waals surface area contributed by atoms with Crippen LogP contribution in [0.5, 0.6) is 5.75 Å². The average molecular weight is 255 g/mol. The summed E-state index contributed by atoms with van der Waals surface area (Å²) in [5.41, 5.74) is 1.03. The SMILES string of the molecule is CC1(C)CCC(COc2ccccc2CCl)O1. The Labute approximate surface area is 108 Å². The van der Waals surface area contributed by atoms with Crippen LogP contribution >= 0.6 is 11.6 Å². The highest BCUT2D eigenvalue weighted by Crippen LogP contribution is 2.30. The van der Waals surface area contributed by atoms with Crippen molar-refractivity contribution in [1.82, 2.24) is 0 Å². The lowest BCUT2D eigenvalue weighted by Gasteiger charge is -2.19. The Hall–Kier alpha value is -0.730. The van der Waals surface area contributed by atoms with Gasteiger partial charge in [-0.25, -0.2) is 0 Å². The highest BCUT2D eigenvalue weighted by atomic mass is 35.5. The predicted molar refractivity (Wildman–Crippen MR) is 69.7 cm³/mol. The summed E-state index contributed by atoms with van der Waals surface area (Å²) in [6, 6.07) is 7.88. The molecule has 1 saturated heterocycles. The summed E-state index contributed by atoms with van der Waals surface area (Å²) in [5.74, 6) is 1.35. The maximum absolute atomic E-state index is 5.89. The number of rotatable bonds is 4. The second kappa shape index (κ2) is 5.28. The minimum atomic E-state index is 0.0000290. The molecule has 1 atom stereocenters. The lowest BCUT2D eigenvalue weighted by Crippen LogP contribution is -2.24. The van der Waals surface area contributed by atoms with Crippen LogP contribution in [0.3, 0.4) is 0 Å². The van der Waals surface area contributed by atoms with Crippen molar-refractivity contribution in [2.24, 2.45) is 0 Å². The number of ether oxygens (including phenoxy) is 2. The standard InChI is InChI=1S/C14H19ClO2/c1-14(2)8-7-12(17-14)10-16-13-6-4-3-5-11(13)9-15/h3-6,12H,7-10H2,1-2H3. The fourth-order valence-corrected chi connectivity index (χ4v) is 2.35. The van der Waals surface area contributed by atoms with E-state index in [1.165, 1.54) is 0 Å². The van der Waals surface area contributed by atoms with Crippen LogP contribution in [0, 0.1) is 0 Å². The number of hydrogen-bond acceptors (Lipinski definition) is 2. The summed E-state index contributed by atoms with van der Waals surface area (Å²) in [6.07, 6.45) is 2.36. The summed E-state index contributed by atoms with van der Waals surface area (Å²) in [5, 5.41) is 0. The molecule has 1 aromatic carbocycles. The van der Waals surface area contributed by atoms with Gasteiger partial charge in [0, 0.05) is 5.56 Å². The molecular weight excluding hydrogens is 236 g/mol. The van der Waals surface area contributed by atoms with Crippen molar-refractivity contribution >= 4 is 11.6 Å². The van der Waals surface area contributed by atoms with Crippen LogP contribution in [-0.4, -0.2) is 18.3 Å². The third-order valence-electron chi connectivity index (χ3n) is 3.10. The Morgan fingerprint density at radius 2 is 2.18 bits per heavy atom. The number of hydrogen-bond donors (Lipinski definition) is 0. The molecule has 0 radical (unpaired) electrons. The molecule has 0 aromatic heterocycles. The van der Waals surface area contributed by atoms with Crippen LogP contribution in [0.25, 0.3) is 0 Å². The van der Waals surface area contributed by atoms with Gasteiger partial charge in [0.2, 0.25) is 0 Å². The summed E-state index contributed by atoms with van der Waals surface area (Å²) in [4.78, 5) is 0. The third-order valence-corrected chi connectivity index (χ3v) is 3.38. The van der Waals surface area contributed by atoms with Crippen molar-refractivity contribution in [3.63, 3.8) is 0 Å². The number of para-hydroxylation sites is 1. The van der Waals surface area contributed by atoms with E-state index >= 15 is 0 Å². The average Bonchev–Trinajstić information content (AvgIpc) is 2.67. The number of benzene rings is 1. The molecule has 3 heteroatoms. The molecule has 17 heavy (non-hydrogen) atoms. The first-order valence-corrected chi connectivity index (χ1v) is 6.59. The number of halogens is 1. The lowest BCUT2D eigenvalue weighted by atomic mass is 10.1. The molecule has 0 saturated carbocycles. The Morgan fingerprint density at radius 1 is 1.41 bits per heavy atom. The zero-order valence-corrected chi connectivity index (χ0v) is 11.2. The second-order valence-electron chi connectivity index (χ2n) is 5.09. The predicted octanol–water partition coefficient (Wildman–Crippen LogP) is 3.76. The van der Waals surface area contributed by atoms with Crippen molar-refractivity contribution in [3.05, 3.63) is 29.8 Å². The molecule has 0 spiro atoms. The number of alkyl halides is 1. The van der Waals surface area contributed by atoms with Crippen molar-refractivity contribution < 1.29 is 9.47 Å². The molecule has 1 aliphatic heterocycles. The summed E-state index contributed by atoms with van der Waals surface area (Å²) in [7, 11) is 0. The molecule has 0 aliphatic carbocycles. The van der Waals surface area contributed by atoms with Crippen molar-refractivity contribution in [2.45, 2.75) is 44.3 Å². The van der Waals surface area contributed by atoms with Crippen LogP contribution in [0.2, 0.25) is 0 Å². The lowest BCUT2D eigenvalue weighted by molar-refractivity contribution is -0.0327. The fourth-order valence-electron chi connectivity index (χ4n) is 2.13. The smallest absolute Gasteiger partial charge is 0.123 e. The van der Waals surface area contributed by atoms with Gasteiger partial charge in [-0.15, -0.1) is 11.6 Å². The van der Waals surface area contributed by atoms with Gasteiger partial charge in [-0.1, -0.05) is 18.2 Å². The second-order valence-corrected chi connectivity index (χ2v) is 5.36. The quantitative estimate of drug-likeness (QED) is 0.762. The molecule has 1 heterocycles. The van der Waals surface area contributed by atoms with Gasteiger partial charge in [0.15, 0.2) is 0 Å². The molecule has 1 aromatic rings. The Balaban J connectivity index is 1.90. The summed E-state index contributed by atoms with van der Waals surface area (Å²) >= 11 is 5.86. The van der Waals surface area contributed by atoms with E-state index in [4.69, 9.17) is 21.1 Å². The van der Waals surface area contributed by atoms with Gasteiger partial charge < -0.3 is 9.47 Å². The van der Waals surface area contributed by atoms with Crippen LogP contribution in [-0.2, 0) is 10.6 Å². The Kier molecular flexibility index (Phi) is 3.95. The largest absolute Gasteiger partial charge is 0.491 e. The minimum Gasteiger partial charge on any atom is -0.491 e. The molecule has 1 aliphatic rings. The fraction of sp³-hybridized carbons (Fsp3) is 0.571. The van der Waals surface area contributed by atoms with E-state index < -0.39 is 0 Å². The van der Waals surface area contributed by atoms with E-state index in [2.05, 4.69) is 13.8 Å². The van der Waals surface area contributed by atoms with Gasteiger partial charge in [0.1, 0.15) is 12.4 Å². The third kappa shape index (κ3) is 3.36. The Morgan fingerprint density at radius 3 is 2.82 bits per heavy atom. The maximum Gasteiger partial charge on any atom is 0.123 e.